The minimum absolute atomic E-state index is 0.0995. The summed E-state index contributed by atoms with van der Waals surface area (Å²) in [6.07, 6.45) is 8.30. The van der Waals surface area contributed by atoms with Crippen molar-refractivity contribution in [3.63, 3.8) is 0 Å². The van der Waals surface area contributed by atoms with Gasteiger partial charge in [0.2, 0.25) is 0 Å². The maximum atomic E-state index is 12.8. The highest BCUT2D eigenvalue weighted by Crippen LogP contribution is 2.31. The van der Waals surface area contributed by atoms with Gasteiger partial charge in [0.1, 0.15) is 5.52 Å². The van der Waals surface area contributed by atoms with Crippen LogP contribution in [0.4, 0.5) is 0 Å². The van der Waals surface area contributed by atoms with Gasteiger partial charge in [0.05, 0.1) is 37.8 Å². The molecule has 0 spiro atoms. The Hall–Kier alpha value is -1.99. The van der Waals surface area contributed by atoms with E-state index >= 15 is 0 Å². The normalized spacial score (nSPS) is 22.4. The van der Waals surface area contributed by atoms with E-state index in [1.807, 2.05) is 6.33 Å². The minimum Gasteiger partial charge on any atom is -0.394 e. The number of aliphatic hydroxyl groups is 1. The van der Waals surface area contributed by atoms with Gasteiger partial charge in [-0.1, -0.05) is 12.8 Å². The lowest BCUT2D eigenvalue weighted by Crippen LogP contribution is -2.50. The van der Waals surface area contributed by atoms with E-state index in [1.54, 1.807) is 17.2 Å². The smallest absolute Gasteiger partial charge is 0.255 e. The zero-order valence-electron chi connectivity index (χ0n) is 13.6. The Morgan fingerprint density at radius 3 is 2.96 bits per heavy atom. The largest absolute Gasteiger partial charge is 0.394 e. The molecule has 1 saturated heterocycles. The molecule has 1 unspecified atom stereocenters. The van der Waals surface area contributed by atoms with Crippen LogP contribution in [0.1, 0.15) is 42.1 Å². The van der Waals surface area contributed by atoms with Crippen LogP contribution in [0.25, 0.3) is 11.2 Å². The molecule has 0 radical (unpaired) electrons. The van der Waals surface area contributed by atoms with Crippen molar-refractivity contribution in [2.45, 2.75) is 37.8 Å². The highest BCUT2D eigenvalue weighted by Gasteiger charge is 2.28. The van der Waals surface area contributed by atoms with Crippen molar-refractivity contribution in [2.24, 2.45) is 0 Å². The van der Waals surface area contributed by atoms with Crippen LogP contribution in [-0.2, 0) is 4.74 Å². The molecule has 1 aliphatic carbocycles. The van der Waals surface area contributed by atoms with Crippen LogP contribution >= 0.6 is 0 Å². The number of aromatic nitrogens is 3. The fraction of sp³-hybridized carbons (Fsp3) is 0.588. The molecule has 2 aromatic heterocycles. The van der Waals surface area contributed by atoms with Crippen molar-refractivity contribution < 1.29 is 14.6 Å². The Morgan fingerprint density at radius 1 is 1.33 bits per heavy atom. The van der Waals surface area contributed by atoms with E-state index in [9.17, 15) is 9.90 Å². The molecule has 7 heteroatoms. The van der Waals surface area contributed by atoms with Gasteiger partial charge in [-0.2, -0.15) is 0 Å². The number of hydrogen-bond donors (Lipinski definition) is 1. The summed E-state index contributed by atoms with van der Waals surface area (Å²) in [6, 6.07) is 1.99. The molecule has 3 heterocycles. The number of aliphatic hydroxyl groups excluding tert-OH is 1. The fourth-order valence-corrected chi connectivity index (χ4v) is 3.72. The number of amides is 1. The Bertz CT molecular complexity index is 739. The van der Waals surface area contributed by atoms with Gasteiger partial charge in [0.25, 0.3) is 5.91 Å². The summed E-state index contributed by atoms with van der Waals surface area (Å²) in [4.78, 5) is 23.4. The van der Waals surface area contributed by atoms with E-state index in [0.717, 1.165) is 11.2 Å². The summed E-state index contributed by atoms with van der Waals surface area (Å²) in [5.41, 5.74) is 2.11. The Morgan fingerprint density at radius 2 is 2.17 bits per heavy atom. The van der Waals surface area contributed by atoms with E-state index < -0.39 is 0 Å². The number of hydrogen-bond acceptors (Lipinski definition) is 5. The van der Waals surface area contributed by atoms with Crippen molar-refractivity contribution in [3.8, 4) is 0 Å². The molecule has 2 aromatic rings. The zero-order valence-corrected chi connectivity index (χ0v) is 13.6. The molecule has 2 aliphatic rings. The number of imidazole rings is 1. The Labute approximate surface area is 140 Å². The average molecular weight is 330 g/mol. The van der Waals surface area contributed by atoms with Gasteiger partial charge in [-0.25, -0.2) is 9.97 Å². The van der Waals surface area contributed by atoms with E-state index in [0.29, 0.717) is 31.4 Å². The third kappa shape index (κ3) is 2.67. The van der Waals surface area contributed by atoms with Gasteiger partial charge in [-0.15, -0.1) is 0 Å². The molecule has 1 N–H and O–H groups in total. The van der Waals surface area contributed by atoms with Crippen LogP contribution in [0.15, 0.2) is 18.6 Å². The maximum absolute atomic E-state index is 12.8. The van der Waals surface area contributed by atoms with Crippen LogP contribution in [0.3, 0.4) is 0 Å². The molecular formula is C17H22N4O3. The van der Waals surface area contributed by atoms with Crippen LogP contribution < -0.4 is 0 Å². The van der Waals surface area contributed by atoms with Crippen molar-refractivity contribution in [3.05, 3.63) is 24.2 Å². The number of fused-ring (bicyclic) bond motifs is 1. The lowest BCUT2D eigenvalue weighted by Gasteiger charge is -2.34. The Kier molecular flexibility index (Phi) is 4.20. The van der Waals surface area contributed by atoms with Gasteiger partial charge in [-0.3, -0.25) is 4.79 Å². The minimum atomic E-state index is -0.294. The number of nitrogens with zero attached hydrogens (tertiary/aromatic N) is 4. The summed E-state index contributed by atoms with van der Waals surface area (Å²) >= 11 is 0. The maximum Gasteiger partial charge on any atom is 0.255 e. The highest BCUT2D eigenvalue weighted by molar-refractivity contribution is 5.96. The number of pyridine rings is 1. The molecule has 0 aromatic carbocycles. The number of rotatable bonds is 3. The first-order chi connectivity index (χ1) is 11.8. The predicted molar refractivity (Wildman–Crippen MR) is 87.8 cm³/mol. The molecule has 2 fully saturated rings. The highest BCUT2D eigenvalue weighted by atomic mass is 16.5. The van der Waals surface area contributed by atoms with E-state index in [4.69, 9.17) is 4.74 Å². The van der Waals surface area contributed by atoms with Crippen LogP contribution in [0.5, 0.6) is 0 Å². The second-order valence-electron chi connectivity index (χ2n) is 6.57. The summed E-state index contributed by atoms with van der Waals surface area (Å²) in [7, 11) is 0. The molecule has 4 rings (SSSR count). The number of morpholine rings is 1. The second-order valence-corrected chi connectivity index (χ2v) is 6.57. The first-order valence-electron chi connectivity index (χ1n) is 8.60. The third-order valence-electron chi connectivity index (χ3n) is 5.08. The average Bonchev–Trinajstić information content (AvgIpc) is 3.29. The van der Waals surface area contributed by atoms with Crippen molar-refractivity contribution in [1.82, 2.24) is 19.4 Å². The summed E-state index contributed by atoms with van der Waals surface area (Å²) in [5.74, 6) is -0.123. The zero-order chi connectivity index (χ0) is 16.5. The summed E-state index contributed by atoms with van der Waals surface area (Å²) < 4.78 is 7.48. The van der Waals surface area contributed by atoms with Gasteiger partial charge in [0.15, 0.2) is 5.65 Å². The van der Waals surface area contributed by atoms with Gasteiger partial charge in [-0.05, 0) is 18.9 Å². The third-order valence-corrected chi connectivity index (χ3v) is 5.08. The number of carbonyl (C=O) groups is 1. The number of carbonyl (C=O) groups excluding carboxylic acids is 1. The quantitative estimate of drug-likeness (QED) is 0.919. The molecule has 24 heavy (non-hydrogen) atoms. The van der Waals surface area contributed by atoms with Crippen LogP contribution in [-0.4, -0.2) is 62.9 Å². The van der Waals surface area contributed by atoms with E-state index in [2.05, 4.69) is 14.5 Å². The molecule has 1 saturated carbocycles. The van der Waals surface area contributed by atoms with Crippen LogP contribution in [0, 0.1) is 0 Å². The first kappa shape index (κ1) is 15.5. The lowest BCUT2D eigenvalue weighted by molar-refractivity contribution is -0.0184. The molecular weight excluding hydrogens is 308 g/mol. The lowest BCUT2D eigenvalue weighted by atomic mass is 10.1. The summed E-state index contributed by atoms with van der Waals surface area (Å²) in [5, 5.41) is 9.45. The van der Waals surface area contributed by atoms with Gasteiger partial charge >= 0.3 is 0 Å². The standard InChI is InChI=1S/C17H22N4O3/c22-9-14-10-24-6-5-20(14)17(23)12-7-15-16(18-8-12)21(11-19-15)13-3-1-2-4-13/h7-8,11,13-14,22H,1-6,9-10H2. The van der Waals surface area contributed by atoms with Gasteiger partial charge in [0, 0.05) is 18.8 Å². The number of ether oxygens (including phenoxy) is 1. The second kappa shape index (κ2) is 6.49. The fourth-order valence-electron chi connectivity index (χ4n) is 3.72. The van der Waals surface area contributed by atoms with Crippen LogP contribution in [0.2, 0.25) is 0 Å². The Balaban J connectivity index is 1.61. The molecule has 7 nitrogen and oxygen atoms in total. The molecule has 1 aliphatic heterocycles. The molecule has 128 valence electrons. The SMILES string of the molecule is O=C(c1cnc2c(c1)ncn2C1CCCC1)N1CCOCC1CO. The van der Waals surface area contributed by atoms with Gasteiger partial charge < -0.3 is 19.3 Å². The molecule has 1 amide bonds. The summed E-state index contributed by atoms with van der Waals surface area (Å²) in [6.45, 7) is 1.25. The van der Waals surface area contributed by atoms with Crippen molar-refractivity contribution >= 4 is 17.1 Å². The van der Waals surface area contributed by atoms with E-state index in [1.165, 1.54) is 25.7 Å². The first-order valence-corrected chi connectivity index (χ1v) is 8.60. The monoisotopic (exact) mass is 330 g/mol. The van der Waals surface area contributed by atoms with Crippen molar-refractivity contribution in [1.29, 1.82) is 0 Å². The topological polar surface area (TPSA) is 80.5 Å². The van der Waals surface area contributed by atoms with Crippen molar-refractivity contribution in [2.75, 3.05) is 26.4 Å². The molecule has 0 bridgehead atoms. The predicted octanol–water partition coefficient (Wildman–Crippen LogP) is 1.38. The molecule has 1 atom stereocenters. The van der Waals surface area contributed by atoms with E-state index in [-0.39, 0.29) is 18.6 Å².